The van der Waals surface area contributed by atoms with Crippen LogP contribution in [-0.4, -0.2) is 22.5 Å². The summed E-state index contributed by atoms with van der Waals surface area (Å²) in [4.78, 5) is 18.8. The van der Waals surface area contributed by atoms with Gasteiger partial charge in [0.25, 0.3) is 0 Å². The summed E-state index contributed by atoms with van der Waals surface area (Å²) in [6, 6.07) is 6.04. The molecule has 0 aliphatic heterocycles. The van der Waals surface area contributed by atoms with Crippen molar-refractivity contribution in [3.8, 4) is 11.4 Å². The van der Waals surface area contributed by atoms with Gasteiger partial charge in [0.1, 0.15) is 5.82 Å². The number of anilines is 1. The molecule has 0 fully saturated rings. The SMILES string of the molecule is CCOC(=O)c1[nH]c(-c2cc(C)ccc2C)nc1N. The number of carbonyl (C=O) groups excluding carboxylic acids is 1. The van der Waals surface area contributed by atoms with Crippen LogP contribution in [0.5, 0.6) is 0 Å². The Kier molecular flexibility index (Phi) is 3.55. The van der Waals surface area contributed by atoms with E-state index in [2.05, 4.69) is 9.97 Å². The van der Waals surface area contributed by atoms with Gasteiger partial charge in [-0.25, -0.2) is 9.78 Å². The Morgan fingerprint density at radius 3 is 2.84 bits per heavy atom. The molecule has 0 atom stereocenters. The number of nitrogens with one attached hydrogen (secondary N) is 1. The molecule has 19 heavy (non-hydrogen) atoms. The summed E-state index contributed by atoms with van der Waals surface area (Å²) < 4.78 is 4.92. The lowest BCUT2D eigenvalue weighted by Crippen LogP contribution is -2.07. The summed E-state index contributed by atoms with van der Waals surface area (Å²) in [5, 5.41) is 0. The molecule has 0 saturated carbocycles. The number of aromatic amines is 1. The standard InChI is InChI=1S/C14H17N3O2/c1-4-19-14(18)11-12(15)17-13(16-11)10-7-8(2)5-6-9(10)3/h5-7H,4,15H2,1-3H3,(H,16,17). The fourth-order valence-corrected chi connectivity index (χ4v) is 1.86. The van der Waals surface area contributed by atoms with Gasteiger partial charge in [0.05, 0.1) is 6.61 Å². The minimum atomic E-state index is -0.482. The van der Waals surface area contributed by atoms with Gasteiger partial charge in [-0.05, 0) is 32.4 Å². The molecule has 1 aromatic carbocycles. The molecular weight excluding hydrogens is 242 g/mol. The highest BCUT2D eigenvalue weighted by molar-refractivity contribution is 5.93. The first kappa shape index (κ1) is 13.1. The molecular formula is C14H17N3O2. The van der Waals surface area contributed by atoms with Crippen LogP contribution in [0.15, 0.2) is 18.2 Å². The van der Waals surface area contributed by atoms with Gasteiger partial charge in [0, 0.05) is 5.56 Å². The van der Waals surface area contributed by atoms with Crippen LogP contribution in [0.1, 0.15) is 28.5 Å². The lowest BCUT2D eigenvalue weighted by Gasteiger charge is -2.03. The summed E-state index contributed by atoms with van der Waals surface area (Å²) in [6.07, 6.45) is 0. The van der Waals surface area contributed by atoms with Gasteiger partial charge in [-0.3, -0.25) is 0 Å². The number of ether oxygens (including phenoxy) is 1. The number of hydrogen-bond donors (Lipinski definition) is 2. The fraction of sp³-hybridized carbons (Fsp3) is 0.286. The van der Waals surface area contributed by atoms with Crippen molar-refractivity contribution in [1.29, 1.82) is 0 Å². The van der Waals surface area contributed by atoms with E-state index in [0.29, 0.717) is 12.4 Å². The molecule has 3 N–H and O–H groups in total. The molecule has 5 nitrogen and oxygen atoms in total. The Bertz CT molecular complexity index is 617. The lowest BCUT2D eigenvalue weighted by molar-refractivity contribution is 0.0521. The molecule has 2 rings (SSSR count). The Balaban J connectivity index is 2.44. The first-order chi connectivity index (χ1) is 9.02. The number of H-pyrrole nitrogens is 1. The zero-order valence-corrected chi connectivity index (χ0v) is 11.3. The predicted molar refractivity (Wildman–Crippen MR) is 73.9 cm³/mol. The number of benzene rings is 1. The number of aromatic nitrogens is 2. The van der Waals surface area contributed by atoms with Gasteiger partial charge in [0.2, 0.25) is 0 Å². The minimum absolute atomic E-state index is 0.161. The number of rotatable bonds is 3. The zero-order chi connectivity index (χ0) is 14.0. The maximum Gasteiger partial charge on any atom is 0.358 e. The number of carbonyl (C=O) groups is 1. The van der Waals surface area contributed by atoms with Crippen molar-refractivity contribution in [3.05, 3.63) is 35.0 Å². The summed E-state index contributed by atoms with van der Waals surface area (Å²) in [5.74, 6) is 0.264. The van der Waals surface area contributed by atoms with Crippen LogP contribution in [0.25, 0.3) is 11.4 Å². The van der Waals surface area contributed by atoms with E-state index in [9.17, 15) is 4.79 Å². The van der Waals surface area contributed by atoms with E-state index < -0.39 is 5.97 Å². The maximum atomic E-state index is 11.7. The van der Waals surface area contributed by atoms with Crippen LogP contribution in [0, 0.1) is 13.8 Å². The van der Waals surface area contributed by atoms with E-state index >= 15 is 0 Å². The predicted octanol–water partition coefficient (Wildman–Crippen LogP) is 2.45. The molecule has 0 spiro atoms. The first-order valence-corrected chi connectivity index (χ1v) is 6.13. The van der Waals surface area contributed by atoms with E-state index in [-0.39, 0.29) is 11.5 Å². The van der Waals surface area contributed by atoms with Crippen molar-refractivity contribution in [2.24, 2.45) is 0 Å². The van der Waals surface area contributed by atoms with Gasteiger partial charge in [-0.15, -0.1) is 0 Å². The van der Waals surface area contributed by atoms with Gasteiger partial charge in [-0.2, -0.15) is 0 Å². The molecule has 0 saturated heterocycles. The van der Waals surface area contributed by atoms with Crippen LogP contribution in [0.3, 0.4) is 0 Å². The molecule has 5 heteroatoms. The van der Waals surface area contributed by atoms with Crippen molar-refractivity contribution in [2.75, 3.05) is 12.3 Å². The number of nitrogen functional groups attached to an aromatic ring is 1. The number of hydrogen-bond acceptors (Lipinski definition) is 4. The fourth-order valence-electron chi connectivity index (χ4n) is 1.86. The second-order valence-corrected chi connectivity index (χ2v) is 4.38. The molecule has 0 aliphatic carbocycles. The van der Waals surface area contributed by atoms with Crippen molar-refractivity contribution >= 4 is 11.8 Å². The highest BCUT2D eigenvalue weighted by atomic mass is 16.5. The topological polar surface area (TPSA) is 81.0 Å². The van der Waals surface area contributed by atoms with Crippen LogP contribution >= 0.6 is 0 Å². The van der Waals surface area contributed by atoms with E-state index in [0.717, 1.165) is 16.7 Å². The van der Waals surface area contributed by atoms with E-state index in [1.54, 1.807) is 6.92 Å². The average Bonchev–Trinajstić information content (AvgIpc) is 2.74. The lowest BCUT2D eigenvalue weighted by atomic mass is 10.1. The number of aryl methyl sites for hydroxylation is 2. The van der Waals surface area contributed by atoms with Gasteiger partial charge < -0.3 is 15.5 Å². The average molecular weight is 259 g/mol. The second kappa shape index (κ2) is 5.14. The van der Waals surface area contributed by atoms with E-state index in [1.807, 2.05) is 32.0 Å². The number of nitrogens with two attached hydrogens (primary N) is 1. The Labute approximate surface area is 111 Å². The van der Waals surface area contributed by atoms with Crippen molar-refractivity contribution in [2.45, 2.75) is 20.8 Å². The number of imidazole rings is 1. The normalized spacial score (nSPS) is 10.5. The molecule has 1 heterocycles. The van der Waals surface area contributed by atoms with Crippen LogP contribution in [0.4, 0.5) is 5.82 Å². The zero-order valence-electron chi connectivity index (χ0n) is 11.3. The maximum absolute atomic E-state index is 11.7. The summed E-state index contributed by atoms with van der Waals surface area (Å²) in [6.45, 7) is 6.03. The van der Waals surface area contributed by atoms with Gasteiger partial charge in [-0.1, -0.05) is 17.7 Å². The molecule has 0 amide bonds. The molecule has 1 aromatic heterocycles. The summed E-state index contributed by atoms with van der Waals surface area (Å²) >= 11 is 0. The monoisotopic (exact) mass is 259 g/mol. The number of nitrogens with zero attached hydrogens (tertiary/aromatic N) is 1. The largest absolute Gasteiger partial charge is 0.461 e. The van der Waals surface area contributed by atoms with Gasteiger partial charge in [0.15, 0.2) is 11.5 Å². The summed E-state index contributed by atoms with van der Waals surface area (Å²) in [5.41, 5.74) is 9.08. The molecule has 0 unspecified atom stereocenters. The quantitative estimate of drug-likeness (QED) is 0.829. The van der Waals surface area contributed by atoms with Crippen LogP contribution < -0.4 is 5.73 Å². The van der Waals surface area contributed by atoms with Crippen molar-refractivity contribution in [3.63, 3.8) is 0 Å². The summed E-state index contributed by atoms with van der Waals surface area (Å²) in [7, 11) is 0. The Morgan fingerprint density at radius 2 is 2.16 bits per heavy atom. The number of esters is 1. The first-order valence-electron chi connectivity index (χ1n) is 6.13. The smallest absolute Gasteiger partial charge is 0.358 e. The van der Waals surface area contributed by atoms with E-state index in [4.69, 9.17) is 10.5 Å². The Morgan fingerprint density at radius 1 is 1.42 bits per heavy atom. The van der Waals surface area contributed by atoms with Gasteiger partial charge >= 0.3 is 5.97 Å². The minimum Gasteiger partial charge on any atom is -0.461 e. The third kappa shape index (κ3) is 2.59. The van der Waals surface area contributed by atoms with Crippen LogP contribution in [0.2, 0.25) is 0 Å². The molecule has 0 radical (unpaired) electrons. The van der Waals surface area contributed by atoms with Crippen molar-refractivity contribution < 1.29 is 9.53 Å². The molecule has 100 valence electrons. The van der Waals surface area contributed by atoms with Crippen LogP contribution in [-0.2, 0) is 4.74 Å². The molecule has 0 aliphatic rings. The third-order valence-electron chi connectivity index (χ3n) is 2.86. The molecule has 2 aromatic rings. The van der Waals surface area contributed by atoms with Crippen molar-refractivity contribution in [1.82, 2.24) is 9.97 Å². The Hall–Kier alpha value is -2.30. The molecule has 0 bridgehead atoms. The highest BCUT2D eigenvalue weighted by Crippen LogP contribution is 2.24. The second-order valence-electron chi connectivity index (χ2n) is 4.38. The van der Waals surface area contributed by atoms with E-state index in [1.165, 1.54) is 0 Å². The third-order valence-corrected chi connectivity index (χ3v) is 2.86. The highest BCUT2D eigenvalue weighted by Gasteiger charge is 2.17.